The lowest BCUT2D eigenvalue weighted by atomic mass is 10.1. The van der Waals surface area contributed by atoms with Gasteiger partial charge in [-0.15, -0.1) is 0 Å². The van der Waals surface area contributed by atoms with Crippen LogP contribution < -0.4 is 20.1 Å². The van der Waals surface area contributed by atoms with Gasteiger partial charge in [0.1, 0.15) is 23.7 Å². The molecular weight excluding hydrogens is 717 g/mol. The van der Waals surface area contributed by atoms with Gasteiger partial charge in [0.15, 0.2) is 0 Å². The summed E-state index contributed by atoms with van der Waals surface area (Å²) in [4.78, 5) is 76.0. The lowest BCUT2D eigenvalue weighted by Gasteiger charge is -2.30. The topological polar surface area (TPSA) is 193 Å². The van der Waals surface area contributed by atoms with Crippen LogP contribution in [0.15, 0.2) is 61.3 Å². The third-order valence-corrected chi connectivity index (χ3v) is 12.4. The number of cyclic esters (lactones) is 1. The zero-order valence-corrected chi connectivity index (χ0v) is 30.6. The van der Waals surface area contributed by atoms with Crippen molar-refractivity contribution >= 4 is 56.6 Å². The van der Waals surface area contributed by atoms with Gasteiger partial charge in [-0.05, 0) is 74.1 Å². The highest BCUT2D eigenvalue weighted by molar-refractivity contribution is 7.91. The fraction of sp³-hybridized carbons (Fsp3) is 0.474. The van der Waals surface area contributed by atoms with E-state index in [4.69, 9.17) is 9.47 Å². The van der Waals surface area contributed by atoms with Crippen molar-refractivity contribution < 1.29 is 41.9 Å². The normalized spacial score (nSPS) is 28.0. The van der Waals surface area contributed by atoms with Crippen LogP contribution in [0.4, 0.5) is 4.79 Å². The second-order valence-electron chi connectivity index (χ2n) is 14.4. The standard InChI is InChI=1S/C38H44N6O9S/c1-2-32(45)43-17-6-5-9-26-22-38(26,36(48)42-54(50,51)28-12-13-28)41-33(46)31-21-27-23-44(31)35(47)30(15-18-43)40-37(49)52-19-7-3-4-8-24-10-11-25-14-16-39-34(53-27)29(25)20-24/h2,4-5,8-11,14,16,20,26-28,30-31H,1,3,6-7,12-13,15,17-19,21-23H2,(H,40,49)(H,41,46)(H,42,48)/t26-,27-,30+,31+,38-/m1/s1. The van der Waals surface area contributed by atoms with Gasteiger partial charge in [-0.1, -0.05) is 43.0 Å². The summed E-state index contributed by atoms with van der Waals surface area (Å²) < 4.78 is 39.8. The lowest BCUT2D eigenvalue weighted by Crippen LogP contribution is -2.58. The molecule has 0 spiro atoms. The summed E-state index contributed by atoms with van der Waals surface area (Å²) in [5.74, 6) is -2.74. The molecule has 286 valence electrons. The Morgan fingerprint density at radius 2 is 1.91 bits per heavy atom. The number of pyridine rings is 1. The summed E-state index contributed by atoms with van der Waals surface area (Å²) >= 11 is 0. The van der Waals surface area contributed by atoms with Crippen molar-refractivity contribution in [2.75, 3.05) is 26.2 Å². The first-order valence-electron chi connectivity index (χ1n) is 18.4. The summed E-state index contributed by atoms with van der Waals surface area (Å²) in [7, 11) is -3.94. The number of alkyl carbamates (subject to hydrolysis) is 1. The van der Waals surface area contributed by atoms with Crippen molar-refractivity contribution in [1.82, 2.24) is 30.1 Å². The number of nitrogens with zero attached hydrogens (tertiary/aromatic N) is 3. The van der Waals surface area contributed by atoms with E-state index in [1.54, 1.807) is 18.3 Å². The van der Waals surface area contributed by atoms with Crippen LogP contribution in [0.5, 0.6) is 5.88 Å². The Bertz CT molecular complexity index is 2030. The minimum absolute atomic E-state index is 0.00201. The molecule has 54 heavy (non-hydrogen) atoms. The van der Waals surface area contributed by atoms with Crippen LogP contribution in [-0.2, 0) is 33.9 Å². The van der Waals surface area contributed by atoms with Crippen LogP contribution in [0.3, 0.4) is 0 Å². The first kappa shape index (κ1) is 37.1. The molecule has 16 heteroatoms. The Morgan fingerprint density at radius 3 is 2.70 bits per heavy atom. The number of carbonyl (C=O) groups is 5. The van der Waals surface area contributed by atoms with Crippen LogP contribution >= 0.6 is 0 Å². The minimum Gasteiger partial charge on any atom is -0.472 e. The van der Waals surface area contributed by atoms with E-state index in [2.05, 4.69) is 26.9 Å². The van der Waals surface area contributed by atoms with Gasteiger partial charge in [0.2, 0.25) is 33.6 Å². The zero-order chi connectivity index (χ0) is 38.0. The number of ether oxygens (including phenoxy) is 2. The average Bonchev–Trinajstić information content (AvgIpc) is 4.08. The average molecular weight is 761 g/mol. The molecule has 4 heterocycles. The van der Waals surface area contributed by atoms with E-state index in [9.17, 15) is 32.4 Å². The molecule has 3 N–H and O–H groups in total. The molecule has 5 atom stereocenters. The number of carbonyl (C=O) groups excluding carboxylic acids is 5. The number of benzene rings is 1. The molecule has 7 rings (SSSR count). The maximum Gasteiger partial charge on any atom is 0.407 e. The Morgan fingerprint density at radius 1 is 1.07 bits per heavy atom. The first-order valence-corrected chi connectivity index (χ1v) is 19.9. The van der Waals surface area contributed by atoms with Gasteiger partial charge in [-0.2, -0.15) is 0 Å². The molecular formula is C38H44N6O9S. The van der Waals surface area contributed by atoms with Crippen LogP contribution in [0.1, 0.15) is 56.9 Å². The minimum atomic E-state index is -3.94. The molecule has 1 saturated heterocycles. The van der Waals surface area contributed by atoms with E-state index in [-0.39, 0.29) is 51.4 Å². The molecule has 0 radical (unpaired) electrons. The molecule has 5 aliphatic rings. The van der Waals surface area contributed by atoms with Gasteiger partial charge in [0.25, 0.3) is 5.91 Å². The van der Waals surface area contributed by atoms with E-state index >= 15 is 0 Å². The van der Waals surface area contributed by atoms with Crippen LogP contribution in [0.25, 0.3) is 16.8 Å². The Labute approximate surface area is 313 Å². The molecule has 5 bridgehead atoms. The summed E-state index contributed by atoms with van der Waals surface area (Å²) in [6, 6.07) is 5.33. The highest BCUT2D eigenvalue weighted by atomic mass is 32.2. The van der Waals surface area contributed by atoms with E-state index in [0.717, 1.165) is 16.3 Å². The highest BCUT2D eigenvalue weighted by Crippen LogP contribution is 2.46. The van der Waals surface area contributed by atoms with Crippen molar-refractivity contribution in [1.29, 1.82) is 0 Å². The smallest absolute Gasteiger partial charge is 0.407 e. The SMILES string of the molecule is C=CC(=O)N1CCC=C[C@@H]2C[C@@]2(C(=O)NS(=O)(=O)C2CC2)NC(=O)[C@@H]2C[C@@H]3CN2C(=O)[C@H](CC1)NC(=O)OCCCC=Cc1ccc2ccnc(c2c1)O3. The van der Waals surface area contributed by atoms with Crippen molar-refractivity contribution in [3.8, 4) is 5.88 Å². The van der Waals surface area contributed by atoms with Gasteiger partial charge in [-0.25, -0.2) is 18.2 Å². The van der Waals surface area contributed by atoms with Crippen LogP contribution in [0, 0.1) is 5.92 Å². The summed E-state index contributed by atoms with van der Waals surface area (Å²) in [6.45, 7) is 3.93. The zero-order valence-electron chi connectivity index (χ0n) is 29.8. The molecule has 2 aromatic rings. The fourth-order valence-corrected chi connectivity index (χ4v) is 8.68. The number of sulfonamides is 1. The van der Waals surface area contributed by atoms with Crippen LogP contribution in [0.2, 0.25) is 0 Å². The number of nitrogens with one attached hydrogen (secondary N) is 3. The number of rotatable bonds is 4. The third-order valence-electron chi connectivity index (χ3n) is 10.6. The second kappa shape index (κ2) is 15.2. The number of amides is 5. The van der Waals surface area contributed by atoms with E-state index in [1.165, 1.54) is 15.9 Å². The van der Waals surface area contributed by atoms with Crippen molar-refractivity contribution in [2.24, 2.45) is 5.92 Å². The molecule has 2 aliphatic carbocycles. The van der Waals surface area contributed by atoms with Crippen LogP contribution in [-0.4, -0.2) is 108 Å². The quantitative estimate of drug-likeness (QED) is 0.308. The number of aromatic nitrogens is 1. The Hall–Kier alpha value is -5.25. The molecule has 0 unspecified atom stereocenters. The molecule has 5 amide bonds. The molecule has 3 fully saturated rings. The molecule has 1 aromatic carbocycles. The predicted octanol–water partition coefficient (Wildman–Crippen LogP) is 2.33. The van der Waals surface area contributed by atoms with Gasteiger partial charge in [0.05, 0.1) is 18.4 Å². The Balaban J connectivity index is 1.26. The molecule has 2 saturated carbocycles. The number of hydrogen-bond donors (Lipinski definition) is 3. The van der Waals surface area contributed by atoms with Crippen molar-refractivity contribution in [2.45, 2.75) is 80.3 Å². The monoisotopic (exact) mass is 760 g/mol. The molecule has 15 nitrogen and oxygen atoms in total. The number of allylic oxidation sites excluding steroid dienone is 1. The lowest BCUT2D eigenvalue weighted by molar-refractivity contribution is -0.141. The van der Waals surface area contributed by atoms with E-state index in [0.29, 0.717) is 38.0 Å². The second-order valence-corrected chi connectivity index (χ2v) is 16.4. The maximum atomic E-state index is 14.6. The Kier molecular flexibility index (Phi) is 10.5. The van der Waals surface area contributed by atoms with E-state index < -0.39 is 68.7 Å². The van der Waals surface area contributed by atoms with Gasteiger partial charge in [0, 0.05) is 37.0 Å². The van der Waals surface area contributed by atoms with E-state index in [1.807, 2.05) is 36.4 Å². The van der Waals surface area contributed by atoms with Gasteiger partial charge in [-0.3, -0.25) is 23.9 Å². The number of hydrogen-bond acceptors (Lipinski definition) is 10. The summed E-state index contributed by atoms with van der Waals surface area (Å²) in [5, 5.41) is 6.46. The van der Waals surface area contributed by atoms with Crippen molar-refractivity contribution in [3.05, 3.63) is 66.9 Å². The summed E-state index contributed by atoms with van der Waals surface area (Å²) in [5.41, 5.74) is -0.685. The molecule has 1 aromatic heterocycles. The van der Waals surface area contributed by atoms with Gasteiger partial charge < -0.3 is 29.9 Å². The first-order chi connectivity index (χ1) is 26.0. The summed E-state index contributed by atoms with van der Waals surface area (Å²) in [6.07, 6.45) is 11.2. The fourth-order valence-electron chi connectivity index (χ4n) is 7.32. The number of fused-ring (bicyclic) bond motifs is 4. The van der Waals surface area contributed by atoms with Gasteiger partial charge >= 0.3 is 6.09 Å². The maximum absolute atomic E-state index is 14.6. The largest absolute Gasteiger partial charge is 0.472 e. The third kappa shape index (κ3) is 7.98. The highest BCUT2D eigenvalue weighted by Gasteiger charge is 2.62. The molecule has 3 aliphatic heterocycles. The van der Waals surface area contributed by atoms with Crippen molar-refractivity contribution in [3.63, 3.8) is 0 Å². The predicted molar refractivity (Wildman–Crippen MR) is 197 cm³/mol.